The minimum Gasteiger partial charge on any atom is -0.485 e. The molecule has 1 fully saturated rings. The summed E-state index contributed by atoms with van der Waals surface area (Å²) in [5.74, 6) is 0.538. The lowest BCUT2D eigenvalue weighted by Crippen LogP contribution is -2.43. The van der Waals surface area contributed by atoms with E-state index in [4.69, 9.17) is 26.8 Å². The molecule has 0 radical (unpaired) electrons. The highest BCUT2D eigenvalue weighted by Crippen LogP contribution is 2.44. The number of rotatable bonds is 2. The Bertz CT molecular complexity index is 588. The maximum atomic E-state index is 12.6. The number of ether oxygens (including phenoxy) is 2. The Labute approximate surface area is 134 Å². The molecule has 1 unspecified atom stereocenters. The molecule has 0 aliphatic carbocycles. The summed E-state index contributed by atoms with van der Waals surface area (Å²) in [6.45, 7) is 4.06. The maximum absolute atomic E-state index is 12.6. The summed E-state index contributed by atoms with van der Waals surface area (Å²) >= 11 is 6.13. The molecule has 0 saturated carbocycles. The van der Waals surface area contributed by atoms with Crippen LogP contribution in [-0.2, 0) is 0 Å². The molecule has 1 aromatic rings. The minimum atomic E-state index is -0.205. The molecule has 1 amide bonds. The standard InChI is InChI=1S/C15H20ClN3O3/c1-8-7-21-13-10(6-11(16)12(17)14(13)22-8)15(20)19-9-2-4-18-5-3-9/h6,8-9,18H,2-5,7,17H2,1H3,(H,19,20). The van der Waals surface area contributed by atoms with Gasteiger partial charge < -0.3 is 25.8 Å². The molecule has 0 bridgehead atoms. The number of piperidine rings is 1. The first-order valence-electron chi connectivity index (χ1n) is 7.49. The summed E-state index contributed by atoms with van der Waals surface area (Å²) in [6, 6.07) is 1.70. The van der Waals surface area contributed by atoms with Gasteiger partial charge in [-0.15, -0.1) is 0 Å². The predicted molar refractivity (Wildman–Crippen MR) is 84.8 cm³/mol. The molecule has 6 nitrogen and oxygen atoms in total. The molecule has 1 saturated heterocycles. The average molecular weight is 326 g/mol. The first-order chi connectivity index (χ1) is 10.6. The molecule has 120 valence electrons. The summed E-state index contributed by atoms with van der Waals surface area (Å²) in [5, 5.41) is 6.59. The van der Waals surface area contributed by atoms with Crippen LogP contribution < -0.4 is 25.8 Å². The number of carbonyl (C=O) groups is 1. The molecular formula is C15H20ClN3O3. The van der Waals surface area contributed by atoms with Crippen molar-refractivity contribution in [1.82, 2.24) is 10.6 Å². The lowest BCUT2D eigenvalue weighted by Gasteiger charge is -2.28. The van der Waals surface area contributed by atoms with E-state index in [2.05, 4.69) is 10.6 Å². The van der Waals surface area contributed by atoms with Crippen molar-refractivity contribution in [3.8, 4) is 11.5 Å². The quantitative estimate of drug-likeness (QED) is 0.719. The number of anilines is 1. The average Bonchev–Trinajstić information content (AvgIpc) is 2.52. The Hall–Kier alpha value is -1.66. The van der Waals surface area contributed by atoms with Crippen molar-refractivity contribution in [1.29, 1.82) is 0 Å². The lowest BCUT2D eigenvalue weighted by molar-refractivity contribution is 0.0884. The molecule has 22 heavy (non-hydrogen) atoms. The smallest absolute Gasteiger partial charge is 0.255 e. The van der Waals surface area contributed by atoms with E-state index in [0.29, 0.717) is 34.4 Å². The molecule has 7 heteroatoms. The molecule has 1 aromatic carbocycles. The normalized spacial score (nSPS) is 21.5. The molecular weight excluding hydrogens is 306 g/mol. The maximum Gasteiger partial charge on any atom is 0.255 e. The number of benzene rings is 1. The van der Waals surface area contributed by atoms with Crippen LogP contribution in [0.2, 0.25) is 5.02 Å². The second-order valence-electron chi connectivity index (χ2n) is 5.72. The second kappa shape index (κ2) is 6.22. The van der Waals surface area contributed by atoms with Crippen molar-refractivity contribution in [2.75, 3.05) is 25.4 Å². The Morgan fingerprint density at radius 1 is 1.41 bits per heavy atom. The van der Waals surface area contributed by atoms with Crippen LogP contribution >= 0.6 is 11.6 Å². The number of nitrogens with two attached hydrogens (primary N) is 1. The van der Waals surface area contributed by atoms with E-state index >= 15 is 0 Å². The third kappa shape index (κ3) is 2.94. The van der Waals surface area contributed by atoms with Crippen LogP contribution in [0.1, 0.15) is 30.1 Å². The summed E-state index contributed by atoms with van der Waals surface area (Å²) in [6.07, 6.45) is 1.68. The zero-order valence-electron chi connectivity index (χ0n) is 12.4. The van der Waals surface area contributed by atoms with Crippen molar-refractivity contribution < 1.29 is 14.3 Å². The van der Waals surface area contributed by atoms with Gasteiger partial charge in [-0.05, 0) is 38.9 Å². The van der Waals surface area contributed by atoms with Gasteiger partial charge in [-0.1, -0.05) is 11.6 Å². The van der Waals surface area contributed by atoms with Gasteiger partial charge >= 0.3 is 0 Å². The number of fused-ring (bicyclic) bond motifs is 1. The first kappa shape index (κ1) is 15.2. The molecule has 2 aliphatic heterocycles. The fraction of sp³-hybridized carbons (Fsp3) is 0.533. The molecule has 4 N–H and O–H groups in total. The number of hydrogen-bond donors (Lipinski definition) is 3. The van der Waals surface area contributed by atoms with Crippen molar-refractivity contribution in [3.05, 3.63) is 16.7 Å². The van der Waals surface area contributed by atoms with Crippen molar-refractivity contribution in [2.24, 2.45) is 0 Å². The molecule has 3 rings (SSSR count). The molecule has 1 atom stereocenters. The molecule has 0 aromatic heterocycles. The van der Waals surface area contributed by atoms with Crippen LogP contribution in [0.15, 0.2) is 6.07 Å². The fourth-order valence-corrected chi connectivity index (χ4v) is 2.91. The second-order valence-corrected chi connectivity index (χ2v) is 6.12. The number of nitrogen functional groups attached to an aromatic ring is 1. The van der Waals surface area contributed by atoms with Gasteiger partial charge in [0.05, 0.1) is 16.3 Å². The van der Waals surface area contributed by atoms with Crippen LogP contribution in [0.25, 0.3) is 0 Å². The number of carbonyl (C=O) groups excluding carboxylic acids is 1. The highest BCUT2D eigenvalue weighted by Gasteiger charge is 2.29. The molecule has 2 aliphatic rings. The van der Waals surface area contributed by atoms with Crippen LogP contribution in [0, 0.1) is 0 Å². The van der Waals surface area contributed by atoms with E-state index in [1.165, 1.54) is 0 Å². The Morgan fingerprint density at radius 3 is 2.86 bits per heavy atom. The predicted octanol–water partition coefficient (Wildman–Crippen LogP) is 1.56. The van der Waals surface area contributed by atoms with Crippen LogP contribution in [0.5, 0.6) is 11.5 Å². The van der Waals surface area contributed by atoms with Gasteiger partial charge in [-0.2, -0.15) is 0 Å². The zero-order chi connectivity index (χ0) is 15.7. The summed E-state index contributed by atoms with van der Waals surface area (Å²) in [4.78, 5) is 12.6. The van der Waals surface area contributed by atoms with E-state index in [9.17, 15) is 4.79 Å². The highest BCUT2D eigenvalue weighted by molar-refractivity contribution is 6.34. The Balaban J connectivity index is 1.88. The number of nitrogens with one attached hydrogen (secondary N) is 2. The van der Waals surface area contributed by atoms with E-state index in [-0.39, 0.29) is 18.1 Å². The Morgan fingerprint density at radius 2 is 2.14 bits per heavy atom. The number of hydrogen-bond acceptors (Lipinski definition) is 5. The van der Waals surface area contributed by atoms with E-state index in [1.807, 2.05) is 6.92 Å². The summed E-state index contributed by atoms with van der Waals surface area (Å²) in [7, 11) is 0. The van der Waals surface area contributed by atoms with E-state index < -0.39 is 0 Å². The topological polar surface area (TPSA) is 85.6 Å². The monoisotopic (exact) mass is 325 g/mol. The van der Waals surface area contributed by atoms with Gasteiger partial charge in [-0.3, -0.25) is 4.79 Å². The highest BCUT2D eigenvalue weighted by atomic mass is 35.5. The molecule has 0 spiro atoms. The fourth-order valence-electron chi connectivity index (χ4n) is 2.72. The van der Waals surface area contributed by atoms with Crippen LogP contribution in [0.3, 0.4) is 0 Å². The number of amides is 1. The Kier molecular flexibility index (Phi) is 4.31. The van der Waals surface area contributed by atoms with Crippen LogP contribution in [0.4, 0.5) is 5.69 Å². The van der Waals surface area contributed by atoms with Crippen molar-refractivity contribution in [2.45, 2.75) is 31.9 Å². The van der Waals surface area contributed by atoms with Crippen molar-refractivity contribution in [3.63, 3.8) is 0 Å². The molecule has 2 heterocycles. The van der Waals surface area contributed by atoms with Crippen molar-refractivity contribution >= 4 is 23.2 Å². The van der Waals surface area contributed by atoms with Crippen LogP contribution in [-0.4, -0.2) is 37.7 Å². The van der Waals surface area contributed by atoms with Gasteiger partial charge in [0.25, 0.3) is 5.91 Å². The number of halogens is 1. The largest absolute Gasteiger partial charge is 0.485 e. The summed E-state index contributed by atoms with van der Waals surface area (Å²) in [5.41, 5.74) is 6.62. The zero-order valence-corrected chi connectivity index (χ0v) is 13.2. The SMILES string of the molecule is CC1COc2c(C(=O)NC3CCNCC3)cc(Cl)c(N)c2O1. The lowest BCUT2D eigenvalue weighted by atomic mass is 10.1. The van der Waals surface area contributed by atoms with E-state index in [1.54, 1.807) is 6.07 Å². The van der Waals surface area contributed by atoms with E-state index in [0.717, 1.165) is 25.9 Å². The van der Waals surface area contributed by atoms with Gasteiger partial charge in [0.1, 0.15) is 12.7 Å². The third-order valence-electron chi connectivity index (χ3n) is 3.92. The minimum absolute atomic E-state index is 0.131. The third-order valence-corrected chi connectivity index (χ3v) is 4.24. The van der Waals surface area contributed by atoms with Gasteiger partial charge in [-0.25, -0.2) is 0 Å². The van der Waals surface area contributed by atoms with Gasteiger partial charge in [0.2, 0.25) is 0 Å². The summed E-state index contributed by atoms with van der Waals surface area (Å²) < 4.78 is 11.4. The van der Waals surface area contributed by atoms with Gasteiger partial charge in [0, 0.05) is 6.04 Å². The first-order valence-corrected chi connectivity index (χ1v) is 7.87. The van der Waals surface area contributed by atoms with Gasteiger partial charge in [0.15, 0.2) is 11.5 Å².